The molecule has 4 heterocycles. The highest BCUT2D eigenvalue weighted by atomic mass is 19.1. The van der Waals surface area contributed by atoms with Gasteiger partial charge < -0.3 is 5.32 Å². The maximum atomic E-state index is 13.8. The molecule has 0 saturated heterocycles. The van der Waals surface area contributed by atoms with E-state index >= 15 is 0 Å². The fourth-order valence-electron chi connectivity index (χ4n) is 4.19. The molecule has 0 saturated carbocycles. The summed E-state index contributed by atoms with van der Waals surface area (Å²) >= 11 is 0. The number of hydrogen-bond donors (Lipinski definition) is 2. The summed E-state index contributed by atoms with van der Waals surface area (Å²) < 4.78 is 15.7. The number of nitrogens with zero attached hydrogens (tertiary/aromatic N) is 5. The summed E-state index contributed by atoms with van der Waals surface area (Å²) in [6.45, 7) is 6.44. The molecule has 5 rings (SSSR count). The Bertz CT molecular complexity index is 1230. The molecule has 4 aromatic rings. The summed E-state index contributed by atoms with van der Waals surface area (Å²) in [5, 5.41) is 15.6. The lowest BCUT2D eigenvalue weighted by Gasteiger charge is -2.35. The summed E-state index contributed by atoms with van der Waals surface area (Å²) in [6.07, 6.45) is 9.38. The van der Waals surface area contributed by atoms with Crippen LogP contribution in [0.2, 0.25) is 0 Å². The maximum absolute atomic E-state index is 13.8. The number of halogens is 1. The number of fused-ring (bicyclic) bond motifs is 2. The lowest BCUT2D eigenvalue weighted by Crippen LogP contribution is -2.41. The molecular weight excluding hydrogens is 381 g/mol. The van der Waals surface area contributed by atoms with Crippen molar-refractivity contribution in [2.45, 2.75) is 51.5 Å². The van der Waals surface area contributed by atoms with Crippen LogP contribution in [-0.4, -0.2) is 35.3 Å². The minimum atomic E-state index is -0.382. The van der Waals surface area contributed by atoms with E-state index in [0.29, 0.717) is 11.3 Å². The Morgan fingerprint density at radius 3 is 2.87 bits per heavy atom. The first-order valence-electron chi connectivity index (χ1n) is 10.2. The summed E-state index contributed by atoms with van der Waals surface area (Å²) in [7, 11) is 0. The molecule has 1 aliphatic rings. The van der Waals surface area contributed by atoms with Gasteiger partial charge in [-0.05, 0) is 37.3 Å². The Kier molecular flexibility index (Phi) is 4.30. The van der Waals surface area contributed by atoms with Crippen LogP contribution in [0.1, 0.15) is 49.9 Å². The Labute approximate surface area is 173 Å². The van der Waals surface area contributed by atoms with Crippen LogP contribution in [0.4, 0.5) is 10.2 Å². The van der Waals surface area contributed by atoms with E-state index in [0.717, 1.165) is 36.3 Å². The SMILES string of the molecule is CC(C)c1cnn2c(NC3(C)CCc4cn[nH]c4C3)cc(-c3cncc(F)c3)nc12. The van der Waals surface area contributed by atoms with Gasteiger partial charge in [0.1, 0.15) is 11.6 Å². The van der Waals surface area contributed by atoms with Gasteiger partial charge in [0.15, 0.2) is 5.65 Å². The quantitative estimate of drug-likeness (QED) is 0.533. The number of aryl methyl sites for hydroxylation is 1. The predicted molar refractivity (Wildman–Crippen MR) is 113 cm³/mol. The highest BCUT2D eigenvalue weighted by Gasteiger charge is 2.32. The van der Waals surface area contributed by atoms with Crippen molar-refractivity contribution in [1.29, 1.82) is 0 Å². The molecule has 0 bridgehead atoms. The fraction of sp³-hybridized carbons (Fsp3) is 0.364. The molecular formula is C22H24FN7. The molecule has 0 amide bonds. The number of aromatic nitrogens is 6. The van der Waals surface area contributed by atoms with Crippen LogP contribution in [0.5, 0.6) is 0 Å². The number of aromatic amines is 1. The molecule has 0 aromatic carbocycles. The zero-order valence-corrected chi connectivity index (χ0v) is 17.3. The van der Waals surface area contributed by atoms with Crippen LogP contribution >= 0.6 is 0 Å². The normalized spacial score (nSPS) is 18.7. The van der Waals surface area contributed by atoms with Gasteiger partial charge in [-0.15, -0.1) is 0 Å². The van der Waals surface area contributed by atoms with Crippen molar-refractivity contribution in [2.75, 3.05) is 5.32 Å². The minimum absolute atomic E-state index is 0.171. The molecule has 0 spiro atoms. The third-order valence-electron chi connectivity index (χ3n) is 5.87. The van der Waals surface area contributed by atoms with Gasteiger partial charge in [0, 0.05) is 41.0 Å². The van der Waals surface area contributed by atoms with E-state index in [1.807, 2.05) is 23.0 Å². The average Bonchev–Trinajstić information content (AvgIpc) is 3.34. The molecule has 0 fully saturated rings. The number of hydrogen-bond acceptors (Lipinski definition) is 5. The topological polar surface area (TPSA) is 83.8 Å². The van der Waals surface area contributed by atoms with Crippen molar-refractivity contribution in [3.63, 3.8) is 0 Å². The van der Waals surface area contributed by atoms with Crippen LogP contribution in [-0.2, 0) is 12.8 Å². The van der Waals surface area contributed by atoms with Crippen molar-refractivity contribution < 1.29 is 4.39 Å². The molecule has 4 aromatic heterocycles. The minimum Gasteiger partial charge on any atom is -0.364 e. The zero-order valence-electron chi connectivity index (χ0n) is 17.3. The van der Waals surface area contributed by atoms with Crippen molar-refractivity contribution in [3.05, 3.63) is 59.6 Å². The monoisotopic (exact) mass is 405 g/mol. The molecule has 8 heteroatoms. The zero-order chi connectivity index (χ0) is 20.9. The van der Waals surface area contributed by atoms with Crippen molar-refractivity contribution in [2.24, 2.45) is 0 Å². The van der Waals surface area contributed by atoms with Gasteiger partial charge in [-0.3, -0.25) is 10.1 Å². The number of pyridine rings is 1. The van der Waals surface area contributed by atoms with E-state index in [1.165, 1.54) is 23.5 Å². The van der Waals surface area contributed by atoms with Gasteiger partial charge in [-0.2, -0.15) is 14.7 Å². The first kappa shape index (κ1) is 18.7. The molecule has 0 radical (unpaired) electrons. The van der Waals surface area contributed by atoms with Crippen LogP contribution < -0.4 is 5.32 Å². The summed E-state index contributed by atoms with van der Waals surface area (Å²) in [6, 6.07) is 3.38. The Hall–Kier alpha value is -3.29. The molecule has 1 unspecified atom stereocenters. The van der Waals surface area contributed by atoms with E-state index in [9.17, 15) is 4.39 Å². The smallest absolute Gasteiger partial charge is 0.161 e. The van der Waals surface area contributed by atoms with Crippen LogP contribution in [0.25, 0.3) is 16.9 Å². The molecule has 7 nitrogen and oxygen atoms in total. The van der Waals surface area contributed by atoms with E-state index in [1.54, 1.807) is 6.20 Å². The van der Waals surface area contributed by atoms with Crippen LogP contribution in [0.3, 0.4) is 0 Å². The number of anilines is 1. The highest BCUT2D eigenvalue weighted by Crippen LogP contribution is 2.33. The third kappa shape index (κ3) is 3.22. The highest BCUT2D eigenvalue weighted by molar-refractivity contribution is 5.68. The Balaban J connectivity index is 1.62. The number of nitrogens with one attached hydrogen (secondary N) is 2. The second kappa shape index (κ2) is 6.90. The molecule has 2 N–H and O–H groups in total. The van der Waals surface area contributed by atoms with Gasteiger partial charge in [0.2, 0.25) is 0 Å². The van der Waals surface area contributed by atoms with E-state index in [2.05, 4.69) is 46.4 Å². The van der Waals surface area contributed by atoms with E-state index in [4.69, 9.17) is 4.98 Å². The van der Waals surface area contributed by atoms with Gasteiger partial charge in [-0.1, -0.05) is 13.8 Å². The predicted octanol–water partition coefficient (Wildman–Crippen LogP) is 4.14. The summed E-state index contributed by atoms with van der Waals surface area (Å²) in [4.78, 5) is 8.80. The van der Waals surface area contributed by atoms with E-state index in [-0.39, 0.29) is 17.3 Å². The molecule has 1 aliphatic carbocycles. The third-order valence-corrected chi connectivity index (χ3v) is 5.87. The van der Waals surface area contributed by atoms with Crippen molar-refractivity contribution >= 4 is 11.5 Å². The fourth-order valence-corrected chi connectivity index (χ4v) is 4.19. The lowest BCUT2D eigenvalue weighted by molar-refractivity contribution is 0.438. The Morgan fingerprint density at radius 2 is 2.07 bits per heavy atom. The molecule has 1 atom stereocenters. The van der Waals surface area contributed by atoms with Gasteiger partial charge in [-0.25, -0.2) is 9.37 Å². The largest absolute Gasteiger partial charge is 0.364 e. The average molecular weight is 405 g/mol. The standard InChI is InChI=1S/C22H24FN7/c1-13(2)17-12-26-30-20(28-22(3)5-4-14-10-25-29-19(14)8-22)7-18(27-21(17)30)15-6-16(23)11-24-9-15/h6-7,9-13,28H,4-5,8H2,1-3H3,(H,25,29). The number of rotatable bonds is 4. The van der Waals surface area contributed by atoms with Crippen LogP contribution in [0.15, 0.2) is 36.9 Å². The van der Waals surface area contributed by atoms with E-state index < -0.39 is 0 Å². The summed E-state index contributed by atoms with van der Waals surface area (Å²) in [5.74, 6) is 0.713. The first-order valence-corrected chi connectivity index (χ1v) is 10.2. The van der Waals surface area contributed by atoms with Crippen molar-refractivity contribution in [1.82, 2.24) is 29.8 Å². The lowest BCUT2D eigenvalue weighted by atomic mass is 9.82. The summed E-state index contributed by atoms with van der Waals surface area (Å²) in [5.41, 5.74) is 5.41. The van der Waals surface area contributed by atoms with Crippen molar-refractivity contribution in [3.8, 4) is 11.3 Å². The van der Waals surface area contributed by atoms with Gasteiger partial charge in [0.05, 0.1) is 24.3 Å². The van der Waals surface area contributed by atoms with Crippen LogP contribution in [0, 0.1) is 5.82 Å². The molecule has 30 heavy (non-hydrogen) atoms. The molecule has 154 valence electrons. The number of H-pyrrole nitrogens is 1. The second-order valence-electron chi connectivity index (χ2n) is 8.64. The molecule has 0 aliphatic heterocycles. The maximum Gasteiger partial charge on any atom is 0.161 e. The first-order chi connectivity index (χ1) is 14.4. The second-order valence-corrected chi connectivity index (χ2v) is 8.64. The van der Waals surface area contributed by atoms with Gasteiger partial charge in [0.25, 0.3) is 0 Å². The van der Waals surface area contributed by atoms with Gasteiger partial charge >= 0.3 is 0 Å². The Morgan fingerprint density at radius 1 is 1.20 bits per heavy atom.